The molecule has 0 spiro atoms. The summed E-state index contributed by atoms with van der Waals surface area (Å²) in [7, 11) is 0. The van der Waals surface area contributed by atoms with E-state index >= 15 is 0 Å². The molecule has 9 aromatic rings. The standard InChI is InChI=1S/C42H27NS/c1-2-9-27(10-3-1)31-20-22-39-38(25-31)37-17-8-16-34(42(37)43-39)33-14-7-13-30(24-33)28-11-6-12-29(23-28)32-19-21-36-35-15-4-5-18-40(35)44-41(36)26-32/h1-26,43H. The lowest BCUT2D eigenvalue weighted by molar-refractivity contribution is 1.53. The molecule has 2 heterocycles. The molecule has 0 saturated carbocycles. The normalized spacial score (nSPS) is 11.6. The van der Waals surface area contributed by atoms with Crippen molar-refractivity contribution in [1.29, 1.82) is 0 Å². The maximum atomic E-state index is 3.74. The van der Waals surface area contributed by atoms with Gasteiger partial charge in [-0.05, 0) is 75.3 Å². The van der Waals surface area contributed by atoms with Gasteiger partial charge in [-0.3, -0.25) is 0 Å². The number of aromatic nitrogens is 1. The summed E-state index contributed by atoms with van der Waals surface area (Å²) in [5.74, 6) is 0. The van der Waals surface area contributed by atoms with Crippen LogP contribution in [0.25, 0.3) is 86.5 Å². The number of hydrogen-bond donors (Lipinski definition) is 1. The predicted molar refractivity (Wildman–Crippen MR) is 190 cm³/mol. The summed E-state index contributed by atoms with van der Waals surface area (Å²) < 4.78 is 2.67. The number of fused-ring (bicyclic) bond motifs is 6. The van der Waals surface area contributed by atoms with Gasteiger partial charge >= 0.3 is 0 Å². The first-order chi connectivity index (χ1) is 21.8. The van der Waals surface area contributed by atoms with E-state index in [9.17, 15) is 0 Å². The highest BCUT2D eigenvalue weighted by molar-refractivity contribution is 7.25. The van der Waals surface area contributed by atoms with Crippen LogP contribution in [-0.2, 0) is 0 Å². The average Bonchev–Trinajstić information content (AvgIpc) is 3.66. The lowest BCUT2D eigenvalue weighted by Gasteiger charge is -2.10. The van der Waals surface area contributed by atoms with Gasteiger partial charge in [-0.25, -0.2) is 0 Å². The lowest BCUT2D eigenvalue weighted by Crippen LogP contribution is -1.84. The number of nitrogens with one attached hydrogen (secondary N) is 1. The number of H-pyrrole nitrogens is 1. The van der Waals surface area contributed by atoms with Crippen LogP contribution in [0, 0.1) is 0 Å². The van der Waals surface area contributed by atoms with Gasteiger partial charge in [0.2, 0.25) is 0 Å². The predicted octanol–water partition coefficient (Wildman–Crippen LogP) is 12.4. The molecule has 0 bridgehead atoms. The number of rotatable bonds is 4. The van der Waals surface area contributed by atoms with Gasteiger partial charge in [0.25, 0.3) is 0 Å². The monoisotopic (exact) mass is 577 g/mol. The van der Waals surface area contributed by atoms with Crippen molar-refractivity contribution in [2.24, 2.45) is 0 Å². The van der Waals surface area contributed by atoms with Crippen LogP contribution >= 0.6 is 11.3 Å². The quantitative estimate of drug-likeness (QED) is 0.214. The van der Waals surface area contributed by atoms with Gasteiger partial charge in [0.05, 0.1) is 5.52 Å². The summed E-state index contributed by atoms with van der Waals surface area (Å²) in [6.07, 6.45) is 0. The van der Waals surface area contributed by atoms with E-state index < -0.39 is 0 Å². The number of hydrogen-bond acceptors (Lipinski definition) is 1. The van der Waals surface area contributed by atoms with Crippen LogP contribution in [0.4, 0.5) is 0 Å². The topological polar surface area (TPSA) is 15.8 Å². The van der Waals surface area contributed by atoms with Crippen LogP contribution in [-0.4, -0.2) is 4.98 Å². The molecule has 0 unspecified atom stereocenters. The molecule has 0 radical (unpaired) electrons. The number of thiophene rings is 1. The zero-order valence-corrected chi connectivity index (χ0v) is 24.7. The largest absolute Gasteiger partial charge is 0.354 e. The SMILES string of the molecule is c1ccc(-c2ccc3[nH]c4c(-c5cccc(-c6cccc(-c7ccc8c(c7)sc7ccccc78)c6)c5)cccc4c3c2)cc1. The van der Waals surface area contributed by atoms with Crippen molar-refractivity contribution in [2.75, 3.05) is 0 Å². The van der Waals surface area contributed by atoms with E-state index in [1.807, 2.05) is 11.3 Å². The molecule has 44 heavy (non-hydrogen) atoms. The van der Waals surface area contributed by atoms with E-state index in [2.05, 4.69) is 163 Å². The van der Waals surface area contributed by atoms with E-state index in [4.69, 9.17) is 0 Å². The summed E-state index contributed by atoms with van der Waals surface area (Å²) in [5.41, 5.74) is 12.1. The van der Waals surface area contributed by atoms with E-state index in [-0.39, 0.29) is 0 Å². The molecule has 0 amide bonds. The highest BCUT2D eigenvalue weighted by Gasteiger charge is 2.12. The first kappa shape index (κ1) is 25.1. The minimum atomic E-state index is 1.16. The minimum Gasteiger partial charge on any atom is -0.354 e. The molecule has 0 aliphatic heterocycles. The van der Waals surface area contributed by atoms with Crippen LogP contribution in [0.5, 0.6) is 0 Å². The van der Waals surface area contributed by atoms with Crippen molar-refractivity contribution in [1.82, 2.24) is 4.98 Å². The van der Waals surface area contributed by atoms with Crippen molar-refractivity contribution in [3.63, 3.8) is 0 Å². The molecular weight excluding hydrogens is 551 g/mol. The molecule has 0 atom stereocenters. The molecule has 1 nitrogen and oxygen atoms in total. The van der Waals surface area contributed by atoms with E-state index in [1.165, 1.54) is 81.0 Å². The van der Waals surface area contributed by atoms with Crippen molar-refractivity contribution in [3.8, 4) is 44.5 Å². The van der Waals surface area contributed by atoms with Crippen LogP contribution in [0.1, 0.15) is 0 Å². The molecule has 9 rings (SSSR count). The molecule has 0 aliphatic carbocycles. The Balaban J connectivity index is 1.11. The highest BCUT2D eigenvalue weighted by Crippen LogP contribution is 2.39. The molecule has 0 fully saturated rings. The third-order valence-electron chi connectivity index (χ3n) is 8.82. The first-order valence-electron chi connectivity index (χ1n) is 15.0. The smallest absolute Gasteiger partial charge is 0.0544 e. The fourth-order valence-electron chi connectivity index (χ4n) is 6.62. The fraction of sp³-hybridized carbons (Fsp3) is 0. The van der Waals surface area contributed by atoms with Crippen molar-refractivity contribution >= 4 is 53.3 Å². The van der Waals surface area contributed by atoms with Gasteiger partial charge in [0.15, 0.2) is 0 Å². The second-order valence-corrected chi connectivity index (χ2v) is 12.5. The molecule has 206 valence electrons. The Morgan fingerprint density at radius 1 is 0.341 bits per heavy atom. The summed E-state index contributed by atoms with van der Waals surface area (Å²) in [5, 5.41) is 5.17. The molecule has 0 saturated heterocycles. The Morgan fingerprint density at radius 3 is 1.77 bits per heavy atom. The van der Waals surface area contributed by atoms with Gasteiger partial charge in [-0.2, -0.15) is 0 Å². The number of aromatic amines is 1. The van der Waals surface area contributed by atoms with E-state index in [0.29, 0.717) is 0 Å². The molecule has 2 heteroatoms. The van der Waals surface area contributed by atoms with Crippen molar-refractivity contribution in [2.45, 2.75) is 0 Å². The van der Waals surface area contributed by atoms with Gasteiger partial charge in [0, 0.05) is 42.0 Å². The minimum absolute atomic E-state index is 1.16. The zero-order valence-electron chi connectivity index (χ0n) is 23.9. The lowest BCUT2D eigenvalue weighted by atomic mass is 9.95. The second-order valence-electron chi connectivity index (χ2n) is 11.5. The molecule has 2 aromatic heterocycles. The van der Waals surface area contributed by atoms with Crippen molar-refractivity contribution in [3.05, 3.63) is 158 Å². The Kier molecular flexibility index (Phi) is 5.75. The maximum absolute atomic E-state index is 3.74. The Morgan fingerprint density at radius 2 is 0.932 bits per heavy atom. The Bertz CT molecular complexity index is 2500. The van der Waals surface area contributed by atoms with Crippen LogP contribution < -0.4 is 0 Å². The van der Waals surface area contributed by atoms with E-state index in [0.717, 1.165) is 5.52 Å². The highest BCUT2D eigenvalue weighted by atomic mass is 32.1. The first-order valence-corrected chi connectivity index (χ1v) is 15.8. The summed E-state index contributed by atoms with van der Waals surface area (Å²) in [4.78, 5) is 3.74. The molecule has 0 aliphatic rings. The summed E-state index contributed by atoms with van der Waals surface area (Å²) in [6, 6.07) is 57.4. The Labute approximate surface area is 259 Å². The van der Waals surface area contributed by atoms with Crippen LogP contribution in [0.15, 0.2) is 158 Å². The second kappa shape index (κ2) is 10.1. The molecular formula is C42H27NS. The summed E-state index contributed by atoms with van der Waals surface area (Å²) in [6.45, 7) is 0. The van der Waals surface area contributed by atoms with Crippen molar-refractivity contribution < 1.29 is 0 Å². The van der Waals surface area contributed by atoms with Gasteiger partial charge in [-0.15, -0.1) is 11.3 Å². The fourth-order valence-corrected chi connectivity index (χ4v) is 7.77. The van der Waals surface area contributed by atoms with Gasteiger partial charge in [0.1, 0.15) is 0 Å². The zero-order chi connectivity index (χ0) is 29.0. The third-order valence-corrected chi connectivity index (χ3v) is 9.96. The summed E-state index contributed by atoms with van der Waals surface area (Å²) >= 11 is 1.87. The van der Waals surface area contributed by atoms with Gasteiger partial charge in [-0.1, -0.05) is 121 Å². The maximum Gasteiger partial charge on any atom is 0.0544 e. The van der Waals surface area contributed by atoms with Gasteiger partial charge < -0.3 is 4.98 Å². The third kappa shape index (κ3) is 4.15. The molecule has 7 aromatic carbocycles. The average molecular weight is 578 g/mol. The Hall–Kier alpha value is -5.44. The van der Waals surface area contributed by atoms with Crippen LogP contribution in [0.3, 0.4) is 0 Å². The molecule has 1 N–H and O–H groups in total. The van der Waals surface area contributed by atoms with E-state index in [1.54, 1.807) is 0 Å². The number of benzene rings is 7. The van der Waals surface area contributed by atoms with Crippen LogP contribution in [0.2, 0.25) is 0 Å². The number of para-hydroxylation sites is 1.